The summed E-state index contributed by atoms with van der Waals surface area (Å²) in [6.45, 7) is 3.41. The van der Waals surface area contributed by atoms with Gasteiger partial charge >= 0.3 is 0 Å². The minimum absolute atomic E-state index is 0.0872. The summed E-state index contributed by atoms with van der Waals surface area (Å²) in [5, 5.41) is 36.9. The maximum absolute atomic E-state index is 11.6. The first-order valence-corrected chi connectivity index (χ1v) is 18.4. The molecule has 6 rings (SSSR count). The molecule has 8 unspecified atom stereocenters. The zero-order valence-corrected chi connectivity index (χ0v) is 29.2. The van der Waals surface area contributed by atoms with Crippen molar-refractivity contribution in [3.63, 3.8) is 0 Å². The molecule has 0 radical (unpaired) electrons. The lowest BCUT2D eigenvalue weighted by molar-refractivity contribution is -0.00713. The molecule has 50 heavy (non-hydrogen) atoms. The van der Waals surface area contributed by atoms with Crippen LogP contribution in [0.25, 0.3) is 0 Å². The van der Waals surface area contributed by atoms with Crippen molar-refractivity contribution in [2.45, 2.75) is 76.4 Å². The van der Waals surface area contributed by atoms with E-state index in [-0.39, 0.29) is 35.3 Å². The van der Waals surface area contributed by atoms with Crippen molar-refractivity contribution < 1.29 is 20.1 Å². The highest BCUT2D eigenvalue weighted by Gasteiger charge is 2.36. The molecule has 0 fully saturated rings. The van der Waals surface area contributed by atoms with Crippen molar-refractivity contribution in [3.05, 3.63) is 119 Å². The van der Waals surface area contributed by atoms with Crippen LogP contribution in [0.4, 0.5) is 0 Å². The number of aliphatic hydroxyl groups excluding tert-OH is 2. The molecule has 8 atom stereocenters. The fraction of sp³-hybridized carbons (Fsp3) is 0.442. The predicted molar refractivity (Wildman–Crippen MR) is 199 cm³/mol. The van der Waals surface area contributed by atoms with Crippen molar-refractivity contribution in [1.82, 2.24) is 10.3 Å². The molecular weight excluding hydrogens is 622 g/mol. The summed E-state index contributed by atoms with van der Waals surface area (Å²) in [5.74, 6) is 8.49. The third-order valence-corrected chi connectivity index (χ3v) is 10.8. The molecule has 1 aliphatic heterocycles. The summed E-state index contributed by atoms with van der Waals surface area (Å²) < 4.78 is 6.24. The van der Waals surface area contributed by atoms with Crippen LogP contribution in [0, 0.1) is 41.4 Å². The topological polar surface area (TPSA) is 124 Å². The van der Waals surface area contributed by atoms with Crippen LogP contribution in [0.5, 0.6) is 11.5 Å². The van der Waals surface area contributed by atoms with Crippen LogP contribution < -0.4 is 15.8 Å². The first-order valence-electron chi connectivity index (χ1n) is 18.4. The molecule has 0 amide bonds. The lowest BCUT2D eigenvalue weighted by Gasteiger charge is -2.31. The van der Waals surface area contributed by atoms with Gasteiger partial charge in [0.2, 0.25) is 0 Å². The predicted octanol–water partition coefficient (Wildman–Crippen LogP) is 6.75. The number of nitrogens with one attached hydrogen (secondary N) is 2. The van der Waals surface area contributed by atoms with Gasteiger partial charge in [0.05, 0.1) is 24.6 Å². The first-order chi connectivity index (χ1) is 24.3. The Morgan fingerprint density at radius 1 is 0.960 bits per heavy atom. The molecule has 264 valence electrons. The molecule has 2 aromatic carbocycles. The van der Waals surface area contributed by atoms with E-state index in [9.17, 15) is 15.3 Å². The maximum atomic E-state index is 11.6. The Morgan fingerprint density at radius 3 is 2.60 bits per heavy atom. The van der Waals surface area contributed by atoms with E-state index in [1.54, 1.807) is 6.07 Å². The Balaban J connectivity index is 1.16. The largest absolute Gasteiger partial charge is 0.504 e. The Hall–Kier alpha value is -4.38. The molecule has 7 nitrogen and oxygen atoms in total. The molecule has 2 aliphatic carbocycles. The van der Waals surface area contributed by atoms with E-state index in [0.717, 1.165) is 49.8 Å². The van der Waals surface area contributed by atoms with Gasteiger partial charge in [-0.2, -0.15) is 0 Å². The minimum atomic E-state index is -0.727. The quantitative estimate of drug-likeness (QED) is 0.0988. The van der Waals surface area contributed by atoms with E-state index in [0.29, 0.717) is 43.5 Å². The molecule has 1 aromatic heterocycles. The number of phenols is 1. The second-order valence-corrected chi connectivity index (χ2v) is 14.5. The molecule has 3 aromatic rings. The standard InChI is InChI=1S/C43H53N3O4/c1-29(24-30-8-3-2-4-9-30)31-10-5-6-12-39(48)43-32(14-13-31)15-16-33(26-40(43)49)34-17-18-38(47)41(27-34)50-23-20-36(25-37-11-7-21-45-37)35-19-22-46-42(44)28-35/h2-4,7-9,11,15-19,21,27-29,31-33,36,39-40,43,45-49H,5-6,10,12,20,22-26,44H2,1H3. The van der Waals surface area contributed by atoms with E-state index < -0.39 is 12.2 Å². The highest BCUT2D eigenvalue weighted by atomic mass is 16.5. The van der Waals surface area contributed by atoms with Crippen LogP contribution in [-0.4, -0.2) is 45.7 Å². The molecule has 7 heteroatoms. The van der Waals surface area contributed by atoms with E-state index in [1.165, 1.54) is 11.1 Å². The zero-order chi connectivity index (χ0) is 34.9. The van der Waals surface area contributed by atoms with E-state index in [1.807, 2.05) is 30.5 Å². The number of phenolic OH excluding ortho intramolecular Hbond substituents is 1. The smallest absolute Gasteiger partial charge is 0.161 e. The number of dihydropyridines is 1. The van der Waals surface area contributed by atoms with Gasteiger partial charge in [-0.3, -0.25) is 0 Å². The number of aromatic nitrogens is 1. The number of rotatable bonds is 11. The van der Waals surface area contributed by atoms with Crippen LogP contribution in [0.1, 0.15) is 68.2 Å². The molecule has 0 saturated heterocycles. The van der Waals surface area contributed by atoms with Crippen LogP contribution in [0.3, 0.4) is 0 Å². The number of allylic oxidation sites excluding steroid dienone is 4. The van der Waals surface area contributed by atoms with Crippen molar-refractivity contribution >= 4 is 0 Å². The third-order valence-electron chi connectivity index (χ3n) is 10.8. The average Bonchev–Trinajstić information content (AvgIpc) is 3.57. The van der Waals surface area contributed by atoms with Gasteiger partial charge < -0.3 is 36.1 Å². The van der Waals surface area contributed by atoms with Gasteiger partial charge in [-0.1, -0.05) is 86.2 Å². The summed E-state index contributed by atoms with van der Waals surface area (Å²) in [6, 6.07) is 20.2. The number of ether oxygens (including phenoxy) is 1. The summed E-state index contributed by atoms with van der Waals surface area (Å²) in [5.41, 5.74) is 10.7. The van der Waals surface area contributed by atoms with Crippen molar-refractivity contribution in [2.75, 3.05) is 13.2 Å². The van der Waals surface area contributed by atoms with Gasteiger partial charge in [0.15, 0.2) is 11.5 Å². The van der Waals surface area contributed by atoms with E-state index in [2.05, 4.69) is 83.7 Å². The number of hydrogen-bond acceptors (Lipinski definition) is 6. The molecule has 3 aliphatic rings. The van der Waals surface area contributed by atoms with Crippen molar-refractivity contribution in [2.24, 2.45) is 35.3 Å². The average molecular weight is 676 g/mol. The number of aromatic hydroxyl groups is 1. The van der Waals surface area contributed by atoms with Crippen LogP contribution in [-0.2, 0) is 12.8 Å². The van der Waals surface area contributed by atoms with Crippen molar-refractivity contribution in [3.8, 4) is 23.3 Å². The molecule has 2 heterocycles. The second kappa shape index (κ2) is 17.0. The third kappa shape index (κ3) is 9.24. The molecule has 0 spiro atoms. The minimum Gasteiger partial charge on any atom is -0.504 e. The van der Waals surface area contributed by atoms with Gasteiger partial charge in [0, 0.05) is 42.1 Å². The highest BCUT2D eigenvalue weighted by Crippen LogP contribution is 2.39. The Labute approximate surface area is 297 Å². The summed E-state index contributed by atoms with van der Waals surface area (Å²) in [6.07, 6.45) is 15.6. The van der Waals surface area contributed by atoms with Gasteiger partial charge in [0.1, 0.15) is 0 Å². The number of nitrogens with two attached hydrogens (primary N) is 1. The highest BCUT2D eigenvalue weighted by molar-refractivity contribution is 5.44. The number of hydrogen-bond donors (Lipinski definition) is 6. The molecular formula is C43H53N3O4. The second-order valence-electron chi connectivity index (χ2n) is 14.5. The Bertz CT molecular complexity index is 1690. The fourth-order valence-electron chi connectivity index (χ4n) is 7.94. The summed E-state index contributed by atoms with van der Waals surface area (Å²) in [4.78, 5) is 3.31. The lowest BCUT2D eigenvalue weighted by atomic mass is 9.78. The lowest BCUT2D eigenvalue weighted by Crippen LogP contribution is -2.37. The number of aliphatic hydroxyl groups is 2. The van der Waals surface area contributed by atoms with Gasteiger partial charge in [0.25, 0.3) is 0 Å². The summed E-state index contributed by atoms with van der Waals surface area (Å²) >= 11 is 0. The number of aromatic amines is 1. The van der Waals surface area contributed by atoms with Gasteiger partial charge in [-0.25, -0.2) is 0 Å². The van der Waals surface area contributed by atoms with Gasteiger partial charge in [-0.15, -0.1) is 0 Å². The number of H-pyrrole nitrogens is 1. The molecule has 0 bridgehead atoms. The monoisotopic (exact) mass is 675 g/mol. The molecule has 7 N–H and O–H groups in total. The van der Waals surface area contributed by atoms with E-state index >= 15 is 0 Å². The Kier molecular flexibility index (Phi) is 12.1. The van der Waals surface area contributed by atoms with Crippen LogP contribution in [0.15, 0.2) is 103 Å². The summed E-state index contributed by atoms with van der Waals surface area (Å²) in [7, 11) is 0. The number of fused-ring (bicyclic) bond motifs is 1. The maximum Gasteiger partial charge on any atom is 0.161 e. The zero-order valence-electron chi connectivity index (χ0n) is 29.2. The van der Waals surface area contributed by atoms with Crippen LogP contribution in [0.2, 0.25) is 0 Å². The number of benzene rings is 2. The van der Waals surface area contributed by atoms with Gasteiger partial charge in [-0.05, 0) is 97.4 Å². The normalized spacial score (nSPS) is 26.5. The molecule has 0 saturated carbocycles. The van der Waals surface area contributed by atoms with Crippen molar-refractivity contribution in [1.29, 1.82) is 0 Å². The van der Waals surface area contributed by atoms with E-state index in [4.69, 9.17) is 10.5 Å². The van der Waals surface area contributed by atoms with Crippen LogP contribution >= 0.6 is 0 Å². The Morgan fingerprint density at radius 2 is 1.80 bits per heavy atom. The fourth-order valence-corrected chi connectivity index (χ4v) is 7.94. The SMILES string of the molecule is CC(Cc1ccccc1)C1C#CC2C=CC(c3ccc(O)c(OCCC(Cc4ccc[nH]4)C4=CCNC(N)=C4)c3)CC(O)C2C(O)CCCC1. The first kappa shape index (κ1) is 35.4.